The number of rotatable bonds is 5. The Morgan fingerprint density at radius 2 is 1.86 bits per heavy atom. The molecule has 7 heteroatoms. The van der Waals surface area contributed by atoms with Crippen LogP contribution in [0.15, 0.2) is 59.0 Å². The van der Waals surface area contributed by atoms with E-state index in [9.17, 15) is 0 Å². The molecule has 0 spiro atoms. The highest BCUT2D eigenvalue weighted by molar-refractivity contribution is 7.71. The Hall–Kier alpha value is -2.48. The minimum atomic E-state index is 0.294. The molecule has 1 unspecified atom stereocenters. The van der Waals surface area contributed by atoms with Crippen molar-refractivity contribution >= 4 is 12.2 Å². The molecule has 0 radical (unpaired) electrons. The minimum Gasteiger partial charge on any atom is -0.497 e. The van der Waals surface area contributed by atoms with Crippen molar-refractivity contribution in [1.29, 1.82) is 0 Å². The predicted octanol–water partition coefficient (Wildman–Crippen LogP) is 3.83. The number of methoxy groups -OCH3 is 1. The van der Waals surface area contributed by atoms with Gasteiger partial charge in [-0.25, -0.2) is 4.68 Å². The monoisotopic (exact) mass is 396 g/mol. The van der Waals surface area contributed by atoms with E-state index in [-0.39, 0.29) is 0 Å². The van der Waals surface area contributed by atoms with Crippen LogP contribution in [-0.4, -0.2) is 53.4 Å². The van der Waals surface area contributed by atoms with E-state index in [2.05, 4.69) is 52.3 Å². The van der Waals surface area contributed by atoms with Gasteiger partial charge in [0, 0.05) is 31.2 Å². The maximum absolute atomic E-state index is 5.77. The van der Waals surface area contributed by atoms with E-state index >= 15 is 0 Å². The van der Waals surface area contributed by atoms with Crippen molar-refractivity contribution in [3.8, 4) is 17.2 Å². The summed E-state index contributed by atoms with van der Waals surface area (Å²) in [6.45, 7) is 3.54. The summed E-state index contributed by atoms with van der Waals surface area (Å²) >= 11 is 5.44. The molecule has 0 bridgehead atoms. The van der Waals surface area contributed by atoms with Crippen LogP contribution in [0.1, 0.15) is 11.6 Å². The topological polar surface area (TPSA) is 46.7 Å². The number of hydrogen-bond acceptors (Lipinski definition) is 6. The Morgan fingerprint density at radius 3 is 2.57 bits per heavy atom. The van der Waals surface area contributed by atoms with Crippen LogP contribution < -0.4 is 4.74 Å². The number of ether oxygens (including phenoxy) is 1. The van der Waals surface area contributed by atoms with Gasteiger partial charge in [0.15, 0.2) is 0 Å². The van der Waals surface area contributed by atoms with E-state index in [1.807, 2.05) is 24.3 Å². The largest absolute Gasteiger partial charge is 0.497 e. The second-order valence-corrected chi connectivity index (χ2v) is 7.39. The average molecular weight is 397 g/mol. The molecule has 1 aromatic heterocycles. The molecule has 146 valence electrons. The number of piperazine rings is 1. The van der Waals surface area contributed by atoms with Gasteiger partial charge in [0.25, 0.3) is 4.84 Å². The summed E-state index contributed by atoms with van der Waals surface area (Å²) in [5.74, 6) is 1.32. The molecular formula is C21H24N4O2S. The van der Waals surface area contributed by atoms with Crippen LogP contribution in [-0.2, 0) is 6.67 Å². The minimum absolute atomic E-state index is 0.294. The average Bonchev–Trinajstić information content (AvgIpc) is 3.10. The van der Waals surface area contributed by atoms with Gasteiger partial charge in [-0.15, -0.1) is 5.10 Å². The Morgan fingerprint density at radius 1 is 1.11 bits per heavy atom. The SMILES string of the molecule is COc1ccc(-c2nn(CN3CCN(C)CC3c3ccccc3)c(=S)o2)cc1. The Kier molecular flexibility index (Phi) is 5.57. The van der Waals surface area contributed by atoms with E-state index in [1.165, 1.54) is 5.56 Å². The third-order valence-electron chi connectivity index (χ3n) is 5.14. The lowest BCUT2D eigenvalue weighted by Gasteiger charge is -2.39. The molecule has 2 aromatic carbocycles. The molecule has 2 heterocycles. The van der Waals surface area contributed by atoms with E-state index in [0.29, 0.717) is 23.4 Å². The number of benzene rings is 2. The molecule has 28 heavy (non-hydrogen) atoms. The second-order valence-electron chi connectivity index (χ2n) is 7.04. The lowest BCUT2D eigenvalue weighted by molar-refractivity contribution is 0.0577. The number of nitrogens with zero attached hydrogens (tertiary/aromatic N) is 4. The second kappa shape index (κ2) is 8.26. The van der Waals surface area contributed by atoms with Crippen LogP contribution in [0.3, 0.4) is 0 Å². The van der Waals surface area contributed by atoms with Gasteiger partial charge in [0.1, 0.15) is 5.75 Å². The molecular weight excluding hydrogens is 372 g/mol. The van der Waals surface area contributed by atoms with Gasteiger partial charge in [-0.3, -0.25) is 4.90 Å². The summed E-state index contributed by atoms with van der Waals surface area (Å²) in [6.07, 6.45) is 0. The maximum Gasteiger partial charge on any atom is 0.288 e. The van der Waals surface area contributed by atoms with Gasteiger partial charge in [-0.05, 0) is 49.1 Å². The molecule has 6 nitrogen and oxygen atoms in total. The highest BCUT2D eigenvalue weighted by Gasteiger charge is 2.27. The van der Waals surface area contributed by atoms with Crippen molar-refractivity contribution in [2.45, 2.75) is 12.7 Å². The number of likely N-dealkylation sites (N-methyl/N-ethyl adjacent to an activating group) is 1. The Labute approximate surface area is 169 Å². The van der Waals surface area contributed by atoms with Crippen molar-refractivity contribution in [2.24, 2.45) is 0 Å². The van der Waals surface area contributed by atoms with Crippen molar-refractivity contribution in [3.05, 3.63) is 65.0 Å². The Balaban J connectivity index is 1.57. The van der Waals surface area contributed by atoms with Crippen molar-refractivity contribution in [1.82, 2.24) is 19.6 Å². The third kappa shape index (κ3) is 4.01. The van der Waals surface area contributed by atoms with Crippen molar-refractivity contribution < 1.29 is 9.15 Å². The fraction of sp³-hybridized carbons (Fsp3) is 0.333. The van der Waals surface area contributed by atoms with Crippen molar-refractivity contribution in [3.63, 3.8) is 0 Å². The van der Waals surface area contributed by atoms with Crippen LogP contribution in [0.25, 0.3) is 11.5 Å². The molecule has 0 amide bonds. The first-order chi connectivity index (χ1) is 13.6. The summed E-state index contributed by atoms with van der Waals surface area (Å²) in [5, 5.41) is 4.63. The fourth-order valence-corrected chi connectivity index (χ4v) is 3.71. The molecule has 4 rings (SSSR count). The van der Waals surface area contributed by atoms with Crippen LogP contribution in [0.4, 0.5) is 0 Å². The lowest BCUT2D eigenvalue weighted by Crippen LogP contribution is -2.47. The zero-order valence-electron chi connectivity index (χ0n) is 16.1. The first-order valence-electron chi connectivity index (χ1n) is 9.34. The highest BCUT2D eigenvalue weighted by atomic mass is 32.1. The van der Waals surface area contributed by atoms with Crippen LogP contribution in [0, 0.1) is 4.84 Å². The van der Waals surface area contributed by atoms with Gasteiger partial charge in [0.05, 0.1) is 13.8 Å². The standard InChI is InChI=1S/C21H24N4O2S/c1-23-12-13-24(19(14-23)16-6-4-3-5-7-16)15-25-21(28)27-20(22-25)17-8-10-18(26-2)11-9-17/h3-11,19H,12-15H2,1-2H3. The maximum atomic E-state index is 5.77. The zero-order valence-corrected chi connectivity index (χ0v) is 16.9. The van der Waals surface area contributed by atoms with Gasteiger partial charge in [0.2, 0.25) is 5.89 Å². The van der Waals surface area contributed by atoms with Crippen LogP contribution in [0.5, 0.6) is 5.75 Å². The summed E-state index contributed by atoms with van der Waals surface area (Å²) < 4.78 is 12.8. The fourth-order valence-electron chi connectivity index (χ4n) is 3.54. The van der Waals surface area contributed by atoms with Gasteiger partial charge in [-0.2, -0.15) is 0 Å². The summed E-state index contributed by atoms with van der Waals surface area (Å²) in [5.41, 5.74) is 2.18. The van der Waals surface area contributed by atoms with E-state index in [0.717, 1.165) is 30.9 Å². The molecule has 1 fully saturated rings. The van der Waals surface area contributed by atoms with Gasteiger partial charge in [-0.1, -0.05) is 30.3 Å². The molecule has 0 N–H and O–H groups in total. The molecule has 0 saturated carbocycles. The van der Waals surface area contributed by atoms with Crippen LogP contribution >= 0.6 is 12.2 Å². The third-order valence-corrected chi connectivity index (χ3v) is 5.43. The molecule has 1 saturated heterocycles. The molecule has 3 aromatic rings. The van der Waals surface area contributed by atoms with E-state index in [4.69, 9.17) is 21.4 Å². The van der Waals surface area contributed by atoms with E-state index in [1.54, 1.807) is 11.8 Å². The lowest BCUT2D eigenvalue weighted by atomic mass is 10.0. The summed E-state index contributed by atoms with van der Waals surface area (Å²) in [4.78, 5) is 5.15. The quantitative estimate of drug-likeness (QED) is 0.611. The van der Waals surface area contributed by atoms with Crippen LogP contribution in [0.2, 0.25) is 0 Å². The molecule has 1 aliphatic heterocycles. The van der Waals surface area contributed by atoms with Gasteiger partial charge < -0.3 is 14.1 Å². The summed E-state index contributed by atoms with van der Waals surface area (Å²) in [7, 11) is 3.81. The normalized spacial score (nSPS) is 18.3. The smallest absolute Gasteiger partial charge is 0.288 e. The molecule has 1 atom stereocenters. The molecule has 1 aliphatic rings. The number of hydrogen-bond donors (Lipinski definition) is 0. The van der Waals surface area contributed by atoms with Crippen molar-refractivity contribution in [2.75, 3.05) is 33.8 Å². The number of aromatic nitrogens is 2. The van der Waals surface area contributed by atoms with E-state index < -0.39 is 0 Å². The highest BCUT2D eigenvalue weighted by Crippen LogP contribution is 2.26. The van der Waals surface area contributed by atoms with Gasteiger partial charge >= 0.3 is 0 Å². The first kappa shape index (κ1) is 18.9. The Bertz CT molecular complexity index is 968. The zero-order chi connectivity index (χ0) is 19.5. The molecule has 0 aliphatic carbocycles. The predicted molar refractivity (Wildman–Crippen MR) is 111 cm³/mol. The first-order valence-corrected chi connectivity index (χ1v) is 9.75. The summed E-state index contributed by atoms with van der Waals surface area (Å²) in [6, 6.07) is 18.5.